The summed E-state index contributed by atoms with van der Waals surface area (Å²) in [5.74, 6) is -0.344. The number of likely N-dealkylation sites (tertiary alicyclic amines) is 1. The Labute approximate surface area is 202 Å². The molecule has 0 saturated carbocycles. The van der Waals surface area contributed by atoms with Crippen LogP contribution >= 0.6 is 0 Å². The number of aromatic nitrogens is 6. The van der Waals surface area contributed by atoms with E-state index in [2.05, 4.69) is 35.8 Å². The van der Waals surface area contributed by atoms with E-state index in [9.17, 15) is 9.59 Å². The van der Waals surface area contributed by atoms with E-state index in [1.54, 1.807) is 40.7 Å². The van der Waals surface area contributed by atoms with Crippen molar-refractivity contribution in [3.05, 3.63) is 54.5 Å². The number of rotatable bonds is 6. The van der Waals surface area contributed by atoms with Gasteiger partial charge in [0.15, 0.2) is 5.65 Å². The minimum atomic E-state index is -0.424. The van der Waals surface area contributed by atoms with E-state index >= 15 is 0 Å². The predicted molar refractivity (Wildman–Crippen MR) is 131 cm³/mol. The summed E-state index contributed by atoms with van der Waals surface area (Å²) in [5, 5.41) is 18.2. The molecule has 0 radical (unpaired) electrons. The summed E-state index contributed by atoms with van der Waals surface area (Å²) in [4.78, 5) is 32.1. The van der Waals surface area contributed by atoms with Gasteiger partial charge in [0.1, 0.15) is 0 Å². The van der Waals surface area contributed by atoms with Crippen molar-refractivity contribution in [3.63, 3.8) is 0 Å². The van der Waals surface area contributed by atoms with Gasteiger partial charge in [-0.3, -0.25) is 23.7 Å². The molecular formula is C24H27N9O2. The molecule has 1 aliphatic heterocycles. The van der Waals surface area contributed by atoms with Crippen molar-refractivity contribution >= 4 is 28.8 Å². The zero-order valence-corrected chi connectivity index (χ0v) is 19.9. The summed E-state index contributed by atoms with van der Waals surface area (Å²) in [6.07, 6.45) is 9.58. The molecule has 2 amide bonds. The number of anilines is 2. The van der Waals surface area contributed by atoms with Crippen LogP contribution in [-0.4, -0.2) is 65.7 Å². The van der Waals surface area contributed by atoms with Gasteiger partial charge in [0.05, 0.1) is 29.5 Å². The minimum absolute atomic E-state index is 0.0699. The molecule has 5 heterocycles. The summed E-state index contributed by atoms with van der Waals surface area (Å²) in [7, 11) is 3.90. The second-order valence-corrected chi connectivity index (χ2v) is 8.91. The van der Waals surface area contributed by atoms with Crippen LogP contribution in [0.4, 0.5) is 11.4 Å². The van der Waals surface area contributed by atoms with Gasteiger partial charge in [0.25, 0.3) is 5.91 Å². The van der Waals surface area contributed by atoms with Crippen LogP contribution in [0.1, 0.15) is 35.6 Å². The lowest BCUT2D eigenvalue weighted by Crippen LogP contribution is -2.29. The molecule has 180 valence electrons. The summed E-state index contributed by atoms with van der Waals surface area (Å²) in [6.45, 7) is 2.80. The van der Waals surface area contributed by atoms with E-state index < -0.39 is 5.91 Å². The molecule has 1 fully saturated rings. The van der Waals surface area contributed by atoms with Gasteiger partial charge in [0, 0.05) is 37.5 Å². The van der Waals surface area contributed by atoms with Crippen molar-refractivity contribution in [2.75, 3.05) is 24.2 Å². The van der Waals surface area contributed by atoms with Crippen LogP contribution in [0, 0.1) is 6.92 Å². The molecule has 0 aromatic carbocycles. The van der Waals surface area contributed by atoms with E-state index in [4.69, 9.17) is 0 Å². The van der Waals surface area contributed by atoms with Gasteiger partial charge in [0.2, 0.25) is 11.7 Å². The fraction of sp³-hybridized carbons (Fsp3) is 0.333. The first-order chi connectivity index (χ1) is 16.9. The number of amides is 2. The second-order valence-electron chi connectivity index (χ2n) is 8.91. The molecule has 5 rings (SSSR count). The number of hydrogen-bond donors (Lipinski definition) is 2. The van der Waals surface area contributed by atoms with Gasteiger partial charge in [-0.25, -0.2) is 0 Å². The fourth-order valence-corrected chi connectivity index (χ4v) is 4.36. The van der Waals surface area contributed by atoms with Gasteiger partial charge in [-0.05, 0) is 57.1 Å². The molecule has 4 aromatic rings. The monoisotopic (exact) mass is 473 g/mol. The standard InChI is InChI=1S/C24H27N9O2/c1-15-20(10-18(13-25-15)27-22(34)11-19-5-4-7-31(19)2)28-24(35)23-30-29-21-9-16(6-8-33(21)23)17-12-26-32(3)14-17/h6,8-10,12-14,19H,4-5,7,11H2,1-3H3,(H,27,34)(H,28,35). The molecule has 35 heavy (non-hydrogen) atoms. The predicted octanol–water partition coefficient (Wildman–Crippen LogP) is 2.51. The lowest BCUT2D eigenvalue weighted by molar-refractivity contribution is -0.117. The Hall–Kier alpha value is -4.12. The number of hydrogen-bond acceptors (Lipinski definition) is 7. The third kappa shape index (κ3) is 4.76. The maximum absolute atomic E-state index is 13.0. The summed E-state index contributed by atoms with van der Waals surface area (Å²) >= 11 is 0. The van der Waals surface area contributed by atoms with Gasteiger partial charge in [-0.2, -0.15) is 5.10 Å². The zero-order valence-electron chi connectivity index (χ0n) is 19.9. The Kier molecular flexibility index (Phi) is 6.00. The fourth-order valence-electron chi connectivity index (χ4n) is 4.36. The van der Waals surface area contributed by atoms with Crippen molar-refractivity contribution in [3.8, 4) is 11.1 Å². The molecular weight excluding hydrogens is 446 g/mol. The second kappa shape index (κ2) is 9.26. The van der Waals surface area contributed by atoms with E-state index in [1.807, 2.05) is 32.4 Å². The number of nitrogens with zero attached hydrogens (tertiary/aromatic N) is 7. The maximum atomic E-state index is 13.0. The lowest BCUT2D eigenvalue weighted by Gasteiger charge is -2.18. The average Bonchev–Trinajstić information content (AvgIpc) is 3.56. The Bertz CT molecular complexity index is 1410. The molecule has 1 saturated heterocycles. The number of pyridine rings is 2. The summed E-state index contributed by atoms with van der Waals surface area (Å²) in [5.41, 5.74) is 4.07. The minimum Gasteiger partial charge on any atom is -0.325 e. The molecule has 2 N–H and O–H groups in total. The van der Waals surface area contributed by atoms with Gasteiger partial charge in [-0.1, -0.05) is 0 Å². The van der Waals surface area contributed by atoms with Crippen molar-refractivity contribution in [2.24, 2.45) is 7.05 Å². The van der Waals surface area contributed by atoms with E-state index in [0.717, 1.165) is 30.5 Å². The molecule has 0 bridgehead atoms. The van der Waals surface area contributed by atoms with Crippen LogP contribution < -0.4 is 10.6 Å². The quantitative estimate of drug-likeness (QED) is 0.441. The first kappa shape index (κ1) is 22.7. The van der Waals surface area contributed by atoms with E-state index in [0.29, 0.717) is 29.1 Å². The molecule has 0 spiro atoms. The van der Waals surface area contributed by atoms with Gasteiger partial charge >= 0.3 is 0 Å². The van der Waals surface area contributed by atoms with Crippen molar-refractivity contribution < 1.29 is 9.59 Å². The highest BCUT2D eigenvalue weighted by Gasteiger charge is 2.23. The lowest BCUT2D eigenvalue weighted by atomic mass is 10.1. The smallest absolute Gasteiger partial charge is 0.294 e. The number of aryl methyl sites for hydroxylation is 2. The third-order valence-electron chi connectivity index (χ3n) is 6.36. The largest absolute Gasteiger partial charge is 0.325 e. The molecule has 1 atom stereocenters. The molecule has 4 aromatic heterocycles. The van der Waals surface area contributed by atoms with Crippen LogP contribution in [0.3, 0.4) is 0 Å². The summed E-state index contributed by atoms with van der Waals surface area (Å²) < 4.78 is 3.35. The Balaban J connectivity index is 1.30. The highest BCUT2D eigenvalue weighted by molar-refractivity contribution is 6.03. The van der Waals surface area contributed by atoms with E-state index in [1.165, 1.54) is 0 Å². The topological polar surface area (TPSA) is 122 Å². The molecule has 1 aliphatic rings. The number of nitrogens with one attached hydrogen (secondary N) is 2. The highest BCUT2D eigenvalue weighted by Crippen LogP contribution is 2.23. The molecule has 11 heteroatoms. The van der Waals surface area contributed by atoms with Crippen molar-refractivity contribution in [1.82, 2.24) is 34.3 Å². The average molecular weight is 474 g/mol. The Morgan fingerprint density at radius 3 is 2.71 bits per heavy atom. The van der Waals surface area contributed by atoms with Gasteiger partial charge < -0.3 is 15.5 Å². The SMILES string of the molecule is Cc1ncc(NC(=O)CC2CCCN2C)cc1NC(=O)c1nnc2cc(-c3cnn(C)c3)ccn12. The van der Waals surface area contributed by atoms with Crippen molar-refractivity contribution in [2.45, 2.75) is 32.2 Å². The normalized spacial score (nSPS) is 16.0. The number of carbonyl (C=O) groups excluding carboxylic acids is 2. The molecule has 11 nitrogen and oxygen atoms in total. The Morgan fingerprint density at radius 2 is 1.97 bits per heavy atom. The Morgan fingerprint density at radius 1 is 1.11 bits per heavy atom. The number of fused-ring (bicyclic) bond motifs is 1. The molecule has 0 aliphatic carbocycles. The van der Waals surface area contributed by atoms with Crippen LogP contribution in [0.5, 0.6) is 0 Å². The highest BCUT2D eigenvalue weighted by atomic mass is 16.2. The first-order valence-electron chi connectivity index (χ1n) is 11.5. The maximum Gasteiger partial charge on any atom is 0.294 e. The molecule has 1 unspecified atom stereocenters. The third-order valence-corrected chi connectivity index (χ3v) is 6.36. The van der Waals surface area contributed by atoms with Crippen LogP contribution in [-0.2, 0) is 11.8 Å². The zero-order chi connectivity index (χ0) is 24.5. The first-order valence-corrected chi connectivity index (χ1v) is 11.5. The van der Waals surface area contributed by atoms with Crippen LogP contribution in [0.25, 0.3) is 16.8 Å². The van der Waals surface area contributed by atoms with Gasteiger partial charge in [-0.15, -0.1) is 10.2 Å². The summed E-state index contributed by atoms with van der Waals surface area (Å²) in [6, 6.07) is 5.70. The van der Waals surface area contributed by atoms with E-state index in [-0.39, 0.29) is 17.8 Å². The van der Waals surface area contributed by atoms with Crippen LogP contribution in [0.15, 0.2) is 43.0 Å². The van der Waals surface area contributed by atoms with Crippen LogP contribution in [0.2, 0.25) is 0 Å². The number of carbonyl (C=O) groups is 2. The van der Waals surface area contributed by atoms with Crippen molar-refractivity contribution in [1.29, 1.82) is 0 Å².